The molecule has 6 nitrogen and oxygen atoms in total. The zero-order chi connectivity index (χ0) is 9.14. The van der Waals surface area contributed by atoms with Crippen molar-refractivity contribution in [3.8, 4) is 6.07 Å². The molecule has 1 aromatic heterocycles. The second-order valence-electron chi connectivity index (χ2n) is 2.09. The van der Waals surface area contributed by atoms with E-state index in [1.807, 2.05) is 0 Å². The Hall–Kier alpha value is -1.90. The molecule has 0 spiro atoms. The lowest BCUT2D eigenvalue weighted by atomic mass is 10.4. The maximum absolute atomic E-state index is 10.3. The highest BCUT2D eigenvalue weighted by Crippen LogP contribution is 2.14. The van der Waals surface area contributed by atoms with Crippen LogP contribution in [0, 0.1) is 21.4 Å². The third-order valence-corrected chi connectivity index (χ3v) is 1.37. The topological polar surface area (TPSA) is 84.7 Å². The molecule has 1 heterocycles. The average molecular weight is 166 g/mol. The number of hydrogen-bond donors (Lipinski definition) is 0. The molecular weight excluding hydrogens is 160 g/mol. The molecule has 0 aromatic carbocycles. The quantitative estimate of drug-likeness (QED) is 0.477. The second-order valence-corrected chi connectivity index (χ2v) is 2.09. The van der Waals surface area contributed by atoms with Gasteiger partial charge in [-0.25, -0.2) is 0 Å². The van der Waals surface area contributed by atoms with Gasteiger partial charge in [0, 0.05) is 6.54 Å². The Kier molecular flexibility index (Phi) is 2.05. The van der Waals surface area contributed by atoms with E-state index in [2.05, 4.69) is 5.10 Å². The van der Waals surface area contributed by atoms with Crippen LogP contribution in [0.15, 0.2) is 6.20 Å². The molecular formula is C6H6N4O2. The fourth-order valence-electron chi connectivity index (χ4n) is 0.786. The van der Waals surface area contributed by atoms with E-state index in [-0.39, 0.29) is 11.4 Å². The first-order chi connectivity index (χ1) is 5.69. The van der Waals surface area contributed by atoms with Gasteiger partial charge in [-0.05, 0) is 6.92 Å². The lowest BCUT2D eigenvalue weighted by Gasteiger charge is -1.87. The van der Waals surface area contributed by atoms with Gasteiger partial charge in [-0.3, -0.25) is 14.8 Å². The van der Waals surface area contributed by atoms with Crippen molar-refractivity contribution < 1.29 is 4.92 Å². The molecule has 0 radical (unpaired) electrons. The summed E-state index contributed by atoms with van der Waals surface area (Å²) in [7, 11) is 0. The van der Waals surface area contributed by atoms with Crippen LogP contribution >= 0.6 is 0 Å². The van der Waals surface area contributed by atoms with Crippen LogP contribution in [0.25, 0.3) is 0 Å². The maximum Gasteiger partial charge on any atom is 0.325 e. The van der Waals surface area contributed by atoms with Gasteiger partial charge in [-0.2, -0.15) is 10.4 Å². The summed E-state index contributed by atoms with van der Waals surface area (Å²) in [6.45, 7) is 2.31. The normalized spacial score (nSPS) is 9.33. The molecule has 0 atom stereocenters. The van der Waals surface area contributed by atoms with Crippen LogP contribution in [0.5, 0.6) is 0 Å². The molecule has 0 amide bonds. The van der Waals surface area contributed by atoms with Crippen molar-refractivity contribution >= 4 is 5.69 Å². The van der Waals surface area contributed by atoms with Crippen molar-refractivity contribution in [1.82, 2.24) is 9.78 Å². The molecule has 1 rings (SSSR count). The number of hydrogen-bond acceptors (Lipinski definition) is 4. The van der Waals surface area contributed by atoms with Crippen molar-refractivity contribution in [3.05, 3.63) is 22.0 Å². The monoisotopic (exact) mass is 166 g/mol. The lowest BCUT2D eigenvalue weighted by molar-refractivity contribution is -0.385. The zero-order valence-electron chi connectivity index (χ0n) is 6.39. The number of nitrogens with zero attached hydrogens (tertiary/aromatic N) is 4. The number of aryl methyl sites for hydroxylation is 1. The summed E-state index contributed by atoms with van der Waals surface area (Å²) in [6, 6.07) is 1.66. The minimum atomic E-state index is -0.613. The highest BCUT2D eigenvalue weighted by atomic mass is 16.6. The lowest BCUT2D eigenvalue weighted by Crippen LogP contribution is -1.93. The smallest absolute Gasteiger partial charge is 0.265 e. The van der Waals surface area contributed by atoms with Gasteiger partial charge in [0.05, 0.1) is 4.92 Å². The molecule has 62 valence electrons. The van der Waals surface area contributed by atoms with Crippen LogP contribution in [-0.4, -0.2) is 14.7 Å². The Balaban J connectivity index is 3.19. The summed E-state index contributed by atoms with van der Waals surface area (Å²) >= 11 is 0. The van der Waals surface area contributed by atoms with Gasteiger partial charge < -0.3 is 0 Å². The van der Waals surface area contributed by atoms with Gasteiger partial charge in [-0.1, -0.05) is 0 Å². The van der Waals surface area contributed by atoms with E-state index in [0.717, 1.165) is 0 Å². The van der Waals surface area contributed by atoms with Crippen molar-refractivity contribution in [2.75, 3.05) is 0 Å². The molecule has 1 aromatic rings. The van der Waals surface area contributed by atoms with E-state index in [4.69, 9.17) is 5.26 Å². The molecule has 6 heteroatoms. The van der Waals surface area contributed by atoms with Gasteiger partial charge in [0.2, 0.25) is 5.69 Å². The Morgan fingerprint density at radius 3 is 2.92 bits per heavy atom. The van der Waals surface area contributed by atoms with Crippen LogP contribution in [-0.2, 0) is 6.54 Å². The van der Waals surface area contributed by atoms with E-state index in [1.54, 1.807) is 13.0 Å². The van der Waals surface area contributed by atoms with Gasteiger partial charge in [-0.15, -0.1) is 0 Å². The summed E-state index contributed by atoms with van der Waals surface area (Å²) < 4.78 is 1.36. The maximum atomic E-state index is 10.3. The van der Waals surface area contributed by atoms with Crippen LogP contribution in [0.4, 0.5) is 5.69 Å². The Bertz CT molecular complexity index is 349. The van der Waals surface area contributed by atoms with Gasteiger partial charge >= 0.3 is 5.69 Å². The summed E-state index contributed by atoms with van der Waals surface area (Å²) in [5, 5.41) is 22.4. The number of aromatic nitrogens is 2. The van der Waals surface area contributed by atoms with Crippen molar-refractivity contribution in [3.63, 3.8) is 0 Å². The van der Waals surface area contributed by atoms with Gasteiger partial charge in [0.1, 0.15) is 12.3 Å². The molecule has 0 saturated heterocycles. The first-order valence-corrected chi connectivity index (χ1v) is 3.31. The number of rotatable bonds is 2. The molecule has 0 aliphatic heterocycles. The van der Waals surface area contributed by atoms with Crippen LogP contribution in [0.3, 0.4) is 0 Å². The average Bonchev–Trinajstić information content (AvgIpc) is 2.47. The molecule has 0 bridgehead atoms. The fourth-order valence-corrected chi connectivity index (χ4v) is 0.786. The summed E-state index contributed by atoms with van der Waals surface area (Å²) in [4.78, 5) is 9.70. The molecule has 0 unspecified atom stereocenters. The van der Waals surface area contributed by atoms with E-state index >= 15 is 0 Å². The zero-order valence-corrected chi connectivity index (χ0v) is 6.39. The minimum Gasteiger partial charge on any atom is -0.265 e. The molecule has 0 fully saturated rings. The predicted octanol–water partition coefficient (Wildman–Crippen LogP) is 0.683. The van der Waals surface area contributed by atoms with Crippen molar-refractivity contribution in [2.45, 2.75) is 13.5 Å². The van der Waals surface area contributed by atoms with Crippen LogP contribution in [0.1, 0.15) is 12.6 Å². The fraction of sp³-hybridized carbons (Fsp3) is 0.333. The minimum absolute atomic E-state index is 0.137. The highest BCUT2D eigenvalue weighted by molar-refractivity contribution is 5.41. The Morgan fingerprint density at radius 1 is 1.92 bits per heavy atom. The van der Waals surface area contributed by atoms with Crippen molar-refractivity contribution in [2.24, 2.45) is 0 Å². The summed E-state index contributed by atoms with van der Waals surface area (Å²) in [5.74, 6) is 0. The van der Waals surface area contributed by atoms with Crippen molar-refractivity contribution in [1.29, 1.82) is 5.26 Å². The standard InChI is InChI=1S/C6H6N4O2/c1-2-9-4-6(10(11)12)5(3-7)8-9/h4H,2H2,1H3. The molecule has 0 aliphatic rings. The predicted molar refractivity (Wildman–Crippen MR) is 39.3 cm³/mol. The van der Waals surface area contributed by atoms with E-state index in [1.165, 1.54) is 10.9 Å². The second kappa shape index (κ2) is 3.00. The summed E-state index contributed by atoms with van der Waals surface area (Å²) in [6.07, 6.45) is 1.25. The SMILES string of the molecule is CCn1cc([N+](=O)[O-])c(C#N)n1. The number of nitro groups is 1. The first-order valence-electron chi connectivity index (χ1n) is 3.31. The molecule has 0 N–H and O–H groups in total. The molecule has 12 heavy (non-hydrogen) atoms. The third kappa shape index (κ3) is 1.25. The Morgan fingerprint density at radius 2 is 2.58 bits per heavy atom. The third-order valence-electron chi connectivity index (χ3n) is 1.37. The summed E-state index contributed by atoms with van der Waals surface area (Å²) in [5.41, 5.74) is -0.374. The number of nitriles is 1. The van der Waals surface area contributed by atoms with Gasteiger partial charge in [0.25, 0.3) is 0 Å². The molecule has 0 aliphatic carbocycles. The Labute approximate surface area is 68.2 Å². The van der Waals surface area contributed by atoms with E-state index in [0.29, 0.717) is 6.54 Å². The first kappa shape index (κ1) is 8.20. The largest absolute Gasteiger partial charge is 0.325 e. The van der Waals surface area contributed by atoms with Gasteiger partial charge in [0.15, 0.2) is 0 Å². The van der Waals surface area contributed by atoms with Crippen LogP contribution < -0.4 is 0 Å². The van der Waals surface area contributed by atoms with E-state index < -0.39 is 4.92 Å². The molecule has 0 saturated carbocycles. The van der Waals surface area contributed by atoms with E-state index in [9.17, 15) is 10.1 Å². The highest BCUT2D eigenvalue weighted by Gasteiger charge is 2.17. The van der Waals surface area contributed by atoms with Crippen LogP contribution in [0.2, 0.25) is 0 Å².